The highest BCUT2D eigenvalue weighted by molar-refractivity contribution is 7.89. The second-order valence-electron chi connectivity index (χ2n) is 6.78. The molecule has 1 heterocycles. The van der Waals surface area contributed by atoms with Crippen LogP contribution in [0.5, 0.6) is 11.6 Å². The maximum Gasteiger partial charge on any atom is 0.240 e. The Hall–Kier alpha value is -3.19. The molecule has 0 aliphatic rings. The lowest BCUT2D eigenvalue weighted by molar-refractivity contribution is 0.462. The summed E-state index contributed by atoms with van der Waals surface area (Å²) in [5.74, 6) is 1.05. The highest BCUT2D eigenvalue weighted by Crippen LogP contribution is 2.24. The third kappa shape index (κ3) is 5.49. The lowest BCUT2D eigenvalue weighted by atomic mass is 10.1. The molecule has 0 aliphatic carbocycles. The second kappa shape index (κ2) is 9.31. The van der Waals surface area contributed by atoms with Crippen LogP contribution in [0.2, 0.25) is 5.02 Å². The van der Waals surface area contributed by atoms with Crippen molar-refractivity contribution in [2.75, 3.05) is 0 Å². The number of ether oxygens (including phenoxy) is 1. The van der Waals surface area contributed by atoms with Crippen LogP contribution in [0, 0.1) is 0 Å². The van der Waals surface area contributed by atoms with E-state index in [2.05, 4.69) is 9.71 Å². The average molecular weight is 451 g/mol. The molecule has 31 heavy (non-hydrogen) atoms. The van der Waals surface area contributed by atoms with Crippen molar-refractivity contribution < 1.29 is 13.2 Å². The first-order chi connectivity index (χ1) is 15.0. The fourth-order valence-corrected chi connectivity index (χ4v) is 4.18. The number of hydrogen-bond donors (Lipinski definition) is 1. The van der Waals surface area contributed by atoms with Gasteiger partial charge in [0, 0.05) is 23.8 Å². The van der Waals surface area contributed by atoms with Crippen molar-refractivity contribution in [2.24, 2.45) is 0 Å². The van der Waals surface area contributed by atoms with Crippen LogP contribution in [0.3, 0.4) is 0 Å². The third-order valence-corrected chi connectivity index (χ3v) is 6.20. The second-order valence-corrected chi connectivity index (χ2v) is 8.98. The quantitative estimate of drug-likeness (QED) is 0.393. The van der Waals surface area contributed by atoms with Gasteiger partial charge in [-0.2, -0.15) is 0 Å². The molecule has 1 aromatic heterocycles. The largest absolute Gasteiger partial charge is 0.439 e. The van der Waals surface area contributed by atoms with E-state index in [0.717, 1.165) is 16.7 Å². The Morgan fingerprint density at radius 3 is 2.42 bits per heavy atom. The monoisotopic (exact) mass is 450 g/mol. The van der Waals surface area contributed by atoms with Gasteiger partial charge in [-0.15, -0.1) is 0 Å². The van der Waals surface area contributed by atoms with Gasteiger partial charge in [-0.05, 0) is 59.2 Å². The minimum absolute atomic E-state index is 0.132. The summed E-state index contributed by atoms with van der Waals surface area (Å²) in [5.41, 5.74) is 2.46. The van der Waals surface area contributed by atoms with Crippen LogP contribution in [-0.4, -0.2) is 13.4 Å². The molecule has 0 fully saturated rings. The number of nitrogens with one attached hydrogen (secondary N) is 1. The Kier molecular flexibility index (Phi) is 6.32. The molecule has 0 bridgehead atoms. The number of aromatic nitrogens is 1. The number of pyridine rings is 1. The number of halogens is 1. The van der Waals surface area contributed by atoms with E-state index in [1.165, 1.54) is 0 Å². The smallest absolute Gasteiger partial charge is 0.240 e. The molecule has 4 aromatic rings. The van der Waals surface area contributed by atoms with E-state index >= 15 is 0 Å². The number of benzene rings is 3. The number of sulfonamides is 1. The van der Waals surface area contributed by atoms with E-state index in [0.29, 0.717) is 16.7 Å². The molecule has 0 spiro atoms. The Morgan fingerprint density at radius 2 is 1.65 bits per heavy atom. The van der Waals surface area contributed by atoms with Crippen molar-refractivity contribution >= 4 is 21.6 Å². The molecule has 0 unspecified atom stereocenters. The highest BCUT2D eigenvalue weighted by atomic mass is 35.5. The van der Waals surface area contributed by atoms with Gasteiger partial charge < -0.3 is 4.74 Å². The number of nitrogens with zero attached hydrogens (tertiary/aromatic N) is 1. The number of rotatable bonds is 7. The van der Waals surface area contributed by atoms with E-state index in [1.807, 2.05) is 36.4 Å². The van der Waals surface area contributed by atoms with Crippen molar-refractivity contribution in [3.63, 3.8) is 0 Å². The standard InChI is InChI=1S/C24H19ClN2O3S/c25-21-12-10-19(11-13-21)20-6-4-8-23(16-20)31(28,29)27-17-18-5-3-7-22(15-18)30-24-9-1-2-14-26-24/h1-16,27H,17H2. The Bertz CT molecular complexity index is 1280. The molecule has 4 rings (SSSR count). The molecule has 0 amide bonds. The molecule has 0 saturated carbocycles. The number of hydrogen-bond acceptors (Lipinski definition) is 4. The summed E-state index contributed by atoms with van der Waals surface area (Å²) in [6, 6.07) is 26.7. The van der Waals surface area contributed by atoms with E-state index in [-0.39, 0.29) is 11.4 Å². The molecule has 0 radical (unpaired) electrons. The molecular weight excluding hydrogens is 432 g/mol. The summed E-state index contributed by atoms with van der Waals surface area (Å²) in [6.07, 6.45) is 1.64. The molecule has 1 N–H and O–H groups in total. The zero-order valence-corrected chi connectivity index (χ0v) is 18.0. The van der Waals surface area contributed by atoms with E-state index in [1.54, 1.807) is 60.8 Å². The third-order valence-electron chi connectivity index (χ3n) is 4.55. The van der Waals surface area contributed by atoms with E-state index in [9.17, 15) is 8.42 Å². The predicted molar refractivity (Wildman–Crippen MR) is 122 cm³/mol. The van der Waals surface area contributed by atoms with Crippen LogP contribution in [0.15, 0.2) is 102 Å². The topological polar surface area (TPSA) is 68.3 Å². The van der Waals surface area contributed by atoms with Crippen LogP contribution in [-0.2, 0) is 16.6 Å². The van der Waals surface area contributed by atoms with Crippen LogP contribution in [0.25, 0.3) is 11.1 Å². The van der Waals surface area contributed by atoms with Crippen LogP contribution >= 0.6 is 11.6 Å². The van der Waals surface area contributed by atoms with Crippen molar-refractivity contribution in [1.82, 2.24) is 9.71 Å². The molecule has 3 aromatic carbocycles. The normalized spacial score (nSPS) is 11.3. The first-order valence-corrected chi connectivity index (χ1v) is 11.4. The van der Waals surface area contributed by atoms with Gasteiger partial charge in [-0.3, -0.25) is 0 Å². The molecular formula is C24H19ClN2O3S. The predicted octanol–water partition coefficient (Wildman–Crippen LogP) is 5.67. The zero-order valence-electron chi connectivity index (χ0n) is 16.4. The van der Waals surface area contributed by atoms with Gasteiger partial charge in [-0.1, -0.05) is 54.1 Å². The molecule has 0 atom stereocenters. The summed E-state index contributed by atoms with van der Waals surface area (Å²) in [5, 5.41) is 0.628. The fraction of sp³-hybridized carbons (Fsp3) is 0.0417. The van der Waals surface area contributed by atoms with Crippen LogP contribution < -0.4 is 9.46 Å². The minimum Gasteiger partial charge on any atom is -0.439 e. The first kappa shape index (κ1) is 21.1. The summed E-state index contributed by atoms with van der Waals surface area (Å²) < 4.78 is 34.1. The summed E-state index contributed by atoms with van der Waals surface area (Å²) >= 11 is 5.94. The van der Waals surface area contributed by atoms with E-state index in [4.69, 9.17) is 16.3 Å². The molecule has 156 valence electrons. The lowest BCUT2D eigenvalue weighted by Gasteiger charge is -2.10. The van der Waals surface area contributed by atoms with Gasteiger partial charge in [0.05, 0.1) is 4.90 Å². The molecule has 7 heteroatoms. The summed E-state index contributed by atoms with van der Waals surface area (Å²) in [7, 11) is -3.70. The SMILES string of the molecule is O=S(=O)(NCc1cccc(Oc2ccccn2)c1)c1cccc(-c2ccc(Cl)cc2)c1. The maximum absolute atomic E-state index is 12.8. The minimum atomic E-state index is -3.70. The summed E-state index contributed by atoms with van der Waals surface area (Å²) in [6.45, 7) is 0.132. The van der Waals surface area contributed by atoms with Gasteiger partial charge in [-0.25, -0.2) is 18.1 Å². The van der Waals surface area contributed by atoms with Gasteiger partial charge >= 0.3 is 0 Å². The Labute approximate surface area is 186 Å². The van der Waals surface area contributed by atoms with E-state index < -0.39 is 10.0 Å². The lowest BCUT2D eigenvalue weighted by Crippen LogP contribution is -2.23. The van der Waals surface area contributed by atoms with Gasteiger partial charge in [0.25, 0.3) is 0 Å². The van der Waals surface area contributed by atoms with Crippen molar-refractivity contribution in [1.29, 1.82) is 0 Å². The zero-order chi connectivity index (χ0) is 21.7. The molecule has 5 nitrogen and oxygen atoms in total. The first-order valence-electron chi connectivity index (χ1n) is 9.53. The average Bonchev–Trinajstić information content (AvgIpc) is 2.79. The van der Waals surface area contributed by atoms with Crippen molar-refractivity contribution in [3.05, 3.63) is 108 Å². The Balaban J connectivity index is 1.48. The van der Waals surface area contributed by atoms with Crippen LogP contribution in [0.1, 0.15) is 5.56 Å². The Morgan fingerprint density at radius 1 is 0.839 bits per heavy atom. The van der Waals surface area contributed by atoms with Crippen molar-refractivity contribution in [3.8, 4) is 22.8 Å². The summed E-state index contributed by atoms with van der Waals surface area (Å²) in [4.78, 5) is 4.32. The molecule has 0 saturated heterocycles. The maximum atomic E-state index is 12.8. The fourth-order valence-electron chi connectivity index (χ4n) is 2.99. The van der Waals surface area contributed by atoms with Crippen LogP contribution in [0.4, 0.5) is 0 Å². The van der Waals surface area contributed by atoms with Gasteiger partial charge in [0.1, 0.15) is 5.75 Å². The molecule has 0 aliphatic heterocycles. The van der Waals surface area contributed by atoms with Gasteiger partial charge in [0.2, 0.25) is 15.9 Å². The highest BCUT2D eigenvalue weighted by Gasteiger charge is 2.15. The van der Waals surface area contributed by atoms with Gasteiger partial charge in [0.15, 0.2) is 0 Å². The van der Waals surface area contributed by atoms with Crippen molar-refractivity contribution in [2.45, 2.75) is 11.4 Å².